The highest BCUT2D eigenvalue weighted by Gasteiger charge is 2.15. The van der Waals surface area contributed by atoms with Gasteiger partial charge in [-0.15, -0.1) is 0 Å². The van der Waals surface area contributed by atoms with Gasteiger partial charge in [0.2, 0.25) is 5.95 Å². The average molecular weight is 463 g/mol. The molecule has 8 nitrogen and oxygen atoms in total. The molecule has 0 spiro atoms. The number of urea groups is 1. The normalized spacial score (nSPS) is 14.3. The van der Waals surface area contributed by atoms with Gasteiger partial charge in [0.1, 0.15) is 5.82 Å². The van der Waals surface area contributed by atoms with E-state index in [0.717, 1.165) is 28.7 Å². The van der Waals surface area contributed by atoms with Crippen molar-refractivity contribution in [3.63, 3.8) is 0 Å². The van der Waals surface area contributed by atoms with Crippen LogP contribution in [0, 0.1) is 0 Å². The van der Waals surface area contributed by atoms with Crippen molar-refractivity contribution in [1.29, 1.82) is 0 Å². The number of aliphatic hydroxyl groups excluding tert-OH is 1. The summed E-state index contributed by atoms with van der Waals surface area (Å²) in [5.74, 6) is 1.11. The molecule has 3 rings (SSSR count). The summed E-state index contributed by atoms with van der Waals surface area (Å²) >= 11 is 3.41. The molecule has 1 fully saturated rings. The summed E-state index contributed by atoms with van der Waals surface area (Å²) < 4.78 is 0.754. The predicted molar refractivity (Wildman–Crippen MR) is 119 cm³/mol. The van der Waals surface area contributed by atoms with E-state index in [1.807, 2.05) is 24.3 Å². The number of nitrogens with one attached hydrogen (secondary N) is 4. The lowest BCUT2D eigenvalue weighted by Crippen LogP contribution is -2.38. The van der Waals surface area contributed by atoms with E-state index in [1.165, 1.54) is 19.3 Å². The maximum absolute atomic E-state index is 12.1. The van der Waals surface area contributed by atoms with E-state index in [-0.39, 0.29) is 18.7 Å². The molecule has 2 amide bonds. The SMILES string of the molecule is O=C(Nc1ccc(Nc2ncc(Br)c(NCCCO)n2)cc1)NC1CCCCC1. The quantitative estimate of drug-likeness (QED) is 0.375. The van der Waals surface area contributed by atoms with Crippen LogP contribution in [0.1, 0.15) is 38.5 Å². The molecule has 0 bridgehead atoms. The first kappa shape index (κ1) is 21.3. The van der Waals surface area contributed by atoms with Crippen LogP contribution in [0.2, 0.25) is 0 Å². The first-order valence-electron chi connectivity index (χ1n) is 9.96. The number of aromatic nitrogens is 2. The summed E-state index contributed by atoms with van der Waals surface area (Å²) in [6.45, 7) is 0.745. The molecule has 1 aliphatic carbocycles. The minimum Gasteiger partial charge on any atom is -0.396 e. The Morgan fingerprint density at radius 2 is 1.86 bits per heavy atom. The second kappa shape index (κ2) is 11.0. The highest BCUT2D eigenvalue weighted by Crippen LogP contribution is 2.23. The Morgan fingerprint density at radius 3 is 2.59 bits per heavy atom. The standard InChI is InChI=1S/C20H27BrN6O2/c21-17-13-23-19(27-18(17)22-11-4-12-28)24-15-7-9-16(10-8-15)26-20(29)25-14-5-2-1-3-6-14/h7-10,13-14,28H,1-6,11-12H2,(H2,25,26,29)(H2,22,23,24,27). The molecular formula is C20H27BrN6O2. The number of carbonyl (C=O) groups excluding carboxylic acids is 1. The van der Waals surface area contributed by atoms with Crippen molar-refractivity contribution in [3.05, 3.63) is 34.9 Å². The van der Waals surface area contributed by atoms with Crippen LogP contribution in [0.5, 0.6) is 0 Å². The Kier molecular flexibility index (Phi) is 8.06. The summed E-state index contributed by atoms with van der Waals surface area (Å²) in [7, 11) is 0. The van der Waals surface area contributed by atoms with Gasteiger partial charge in [-0.2, -0.15) is 4.98 Å². The second-order valence-electron chi connectivity index (χ2n) is 7.03. The van der Waals surface area contributed by atoms with E-state index in [1.54, 1.807) is 6.20 Å². The van der Waals surface area contributed by atoms with Crippen molar-refractivity contribution >= 4 is 45.1 Å². The maximum Gasteiger partial charge on any atom is 0.319 e. The van der Waals surface area contributed by atoms with Gasteiger partial charge < -0.3 is 26.4 Å². The molecule has 9 heteroatoms. The average Bonchev–Trinajstić information content (AvgIpc) is 2.72. The number of anilines is 4. The number of hydrogen-bond acceptors (Lipinski definition) is 6. The number of nitrogens with zero attached hydrogens (tertiary/aromatic N) is 2. The first-order chi connectivity index (χ1) is 14.1. The fourth-order valence-electron chi connectivity index (χ4n) is 3.20. The smallest absolute Gasteiger partial charge is 0.319 e. The number of hydrogen-bond donors (Lipinski definition) is 5. The molecule has 0 unspecified atom stereocenters. The molecule has 0 aliphatic heterocycles. The fourth-order valence-corrected chi connectivity index (χ4v) is 3.53. The third kappa shape index (κ3) is 6.86. The molecule has 0 saturated heterocycles. The predicted octanol–water partition coefficient (Wildman–Crippen LogP) is 4.23. The Labute approximate surface area is 179 Å². The summed E-state index contributed by atoms with van der Waals surface area (Å²) in [6.07, 6.45) is 8.05. The Bertz CT molecular complexity index is 796. The zero-order valence-electron chi connectivity index (χ0n) is 16.2. The van der Waals surface area contributed by atoms with Gasteiger partial charge in [0.15, 0.2) is 0 Å². The van der Waals surface area contributed by atoms with Gasteiger partial charge in [-0.25, -0.2) is 9.78 Å². The second-order valence-corrected chi connectivity index (χ2v) is 7.88. The zero-order chi connectivity index (χ0) is 20.5. The highest BCUT2D eigenvalue weighted by atomic mass is 79.9. The van der Waals surface area contributed by atoms with Crippen molar-refractivity contribution in [3.8, 4) is 0 Å². The molecule has 1 aromatic heterocycles. The minimum atomic E-state index is -0.160. The fraction of sp³-hybridized carbons (Fsp3) is 0.450. The van der Waals surface area contributed by atoms with Crippen LogP contribution in [0.3, 0.4) is 0 Å². The molecule has 1 aliphatic rings. The van der Waals surface area contributed by atoms with E-state index in [4.69, 9.17) is 5.11 Å². The lowest BCUT2D eigenvalue weighted by atomic mass is 9.96. The van der Waals surface area contributed by atoms with Crippen molar-refractivity contribution in [1.82, 2.24) is 15.3 Å². The number of benzene rings is 1. The Balaban J connectivity index is 1.53. The van der Waals surface area contributed by atoms with Crippen molar-refractivity contribution < 1.29 is 9.90 Å². The molecule has 0 atom stereocenters. The van der Waals surface area contributed by atoms with Crippen molar-refractivity contribution in [2.24, 2.45) is 0 Å². The number of carbonyl (C=O) groups is 1. The summed E-state index contributed by atoms with van der Waals surface area (Å²) in [5.41, 5.74) is 1.54. The Hall–Kier alpha value is -2.39. The summed E-state index contributed by atoms with van der Waals surface area (Å²) in [5, 5.41) is 21.1. The molecule has 1 heterocycles. The first-order valence-corrected chi connectivity index (χ1v) is 10.8. The summed E-state index contributed by atoms with van der Waals surface area (Å²) in [4.78, 5) is 20.8. The number of amides is 2. The third-order valence-corrected chi connectivity index (χ3v) is 5.29. The van der Waals surface area contributed by atoms with Crippen LogP contribution in [0.25, 0.3) is 0 Å². The number of aliphatic hydroxyl groups is 1. The topological polar surface area (TPSA) is 111 Å². The van der Waals surface area contributed by atoms with E-state index in [2.05, 4.69) is 47.2 Å². The van der Waals surface area contributed by atoms with Crippen molar-refractivity contribution in [2.45, 2.75) is 44.6 Å². The van der Waals surface area contributed by atoms with Crippen LogP contribution < -0.4 is 21.3 Å². The van der Waals surface area contributed by atoms with Crippen molar-refractivity contribution in [2.75, 3.05) is 29.1 Å². The number of rotatable bonds is 8. The van der Waals surface area contributed by atoms with E-state index < -0.39 is 0 Å². The van der Waals surface area contributed by atoms with Gasteiger partial charge in [0.25, 0.3) is 0 Å². The van der Waals surface area contributed by atoms with Gasteiger partial charge in [-0.1, -0.05) is 19.3 Å². The van der Waals surface area contributed by atoms with E-state index in [0.29, 0.717) is 24.7 Å². The largest absolute Gasteiger partial charge is 0.396 e. The van der Waals surface area contributed by atoms with Gasteiger partial charge in [0.05, 0.1) is 4.47 Å². The van der Waals surface area contributed by atoms with E-state index >= 15 is 0 Å². The van der Waals surface area contributed by atoms with Crippen LogP contribution in [0.4, 0.5) is 27.9 Å². The molecule has 1 aromatic carbocycles. The van der Waals surface area contributed by atoms with Crippen LogP contribution in [-0.4, -0.2) is 40.3 Å². The van der Waals surface area contributed by atoms with Gasteiger partial charge in [-0.3, -0.25) is 0 Å². The lowest BCUT2D eigenvalue weighted by molar-refractivity contribution is 0.244. The molecule has 5 N–H and O–H groups in total. The van der Waals surface area contributed by atoms with Gasteiger partial charge in [0, 0.05) is 36.8 Å². The summed E-state index contributed by atoms with van der Waals surface area (Å²) in [6, 6.07) is 7.51. The molecule has 1 saturated carbocycles. The molecule has 29 heavy (non-hydrogen) atoms. The Morgan fingerprint density at radius 1 is 1.14 bits per heavy atom. The zero-order valence-corrected chi connectivity index (χ0v) is 17.8. The highest BCUT2D eigenvalue weighted by molar-refractivity contribution is 9.10. The molecule has 156 valence electrons. The van der Waals surface area contributed by atoms with E-state index in [9.17, 15) is 4.79 Å². The lowest BCUT2D eigenvalue weighted by Gasteiger charge is -2.22. The molecule has 0 radical (unpaired) electrons. The van der Waals surface area contributed by atoms with Crippen LogP contribution in [-0.2, 0) is 0 Å². The monoisotopic (exact) mass is 462 g/mol. The van der Waals surface area contributed by atoms with Gasteiger partial charge >= 0.3 is 6.03 Å². The molecule has 2 aromatic rings. The third-order valence-electron chi connectivity index (χ3n) is 4.71. The van der Waals surface area contributed by atoms with Crippen LogP contribution >= 0.6 is 15.9 Å². The molecular weight excluding hydrogens is 436 g/mol. The van der Waals surface area contributed by atoms with Crippen LogP contribution in [0.15, 0.2) is 34.9 Å². The minimum absolute atomic E-state index is 0.125. The maximum atomic E-state index is 12.1. The number of halogens is 1. The van der Waals surface area contributed by atoms with Gasteiger partial charge in [-0.05, 0) is 59.5 Å².